The number of benzene rings is 2. The highest BCUT2D eigenvalue weighted by Gasteiger charge is 2.12. The molecule has 0 radical (unpaired) electrons. The molecule has 0 aliphatic rings. The molecular weight excluding hydrogens is 393 g/mol. The quantitative estimate of drug-likeness (QED) is 0.397. The lowest BCUT2D eigenvalue weighted by Gasteiger charge is -2.07. The zero-order valence-electron chi connectivity index (χ0n) is 12.6. The first kappa shape index (κ1) is 19.1. The molecule has 0 fully saturated rings. The second-order valence-corrected chi connectivity index (χ2v) is 7.03. The van der Waals surface area contributed by atoms with Crippen LogP contribution in [-0.4, -0.2) is 24.0 Å². The summed E-state index contributed by atoms with van der Waals surface area (Å²) < 4.78 is 31.0. The van der Waals surface area contributed by atoms with Gasteiger partial charge in [0.2, 0.25) is 5.91 Å². The van der Waals surface area contributed by atoms with Crippen molar-refractivity contribution in [2.45, 2.75) is 11.8 Å². The molecule has 25 heavy (non-hydrogen) atoms. The van der Waals surface area contributed by atoms with E-state index in [2.05, 4.69) is 15.5 Å². The second kappa shape index (κ2) is 7.36. The fourth-order valence-electron chi connectivity index (χ4n) is 1.77. The molecule has 0 aliphatic heterocycles. The van der Waals surface area contributed by atoms with Gasteiger partial charge in [-0.25, -0.2) is 0 Å². The van der Waals surface area contributed by atoms with Gasteiger partial charge in [-0.05, 0) is 30.3 Å². The average Bonchev–Trinajstić information content (AvgIpc) is 2.49. The third-order valence-corrected chi connectivity index (χ3v) is 4.29. The van der Waals surface area contributed by atoms with Crippen molar-refractivity contribution in [2.75, 3.05) is 5.32 Å². The molecule has 2 aromatic carbocycles. The maximum atomic E-state index is 11.1. The molecular formula is C14H11Cl2N3O5S. The van der Waals surface area contributed by atoms with E-state index in [0.717, 1.165) is 12.1 Å². The molecule has 0 saturated carbocycles. The predicted molar refractivity (Wildman–Crippen MR) is 92.9 cm³/mol. The van der Waals surface area contributed by atoms with Crippen LogP contribution in [0.15, 0.2) is 45.5 Å². The number of anilines is 1. The van der Waals surface area contributed by atoms with E-state index in [4.69, 9.17) is 27.8 Å². The van der Waals surface area contributed by atoms with E-state index in [-0.39, 0.29) is 37.8 Å². The summed E-state index contributed by atoms with van der Waals surface area (Å²) in [6.45, 7) is 1.26. The van der Waals surface area contributed by atoms with Gasteiger partial charge >= 0.3 is 0 Å². The lowest BCUT2D eigenvalue weighted by atomic mass is 10.2. The van der Waals surface area contributed by atoms with Crippen LogP contribution in [0, 0.1) is 0 Å². The van der Waals surface area contributed by atoms with Crippen molar-refractivity contribution in [3.05, 3.63) is 40.4 Å². The molecule has 2 aromatic rings. The van der Waals surface area contributed by atoms with Crippen LogP contribution in [0.2, 0.25) is 10.0 Å². The standard InChI is InChI=1S/C14H11Cl2N3O5S/c1-7(20)17-13-5-8(4-11(16)14(13)21)18-19-12-3-2-9(6-10(12)15)25(22,23)24/h2-6,21H,1H3,(H,17,20)(H,22,23,24)/b19-18+. The van der Waals surface area contributed by atoms with Crippen LogP contribution in [-0.2, 0) is 14.9 Å². The van der Waals surface area contributed by atoms with Gasteiger partial charge in [0.1, 0.15) is 5.69 Å². The molecule has 8 nitrogen and oxygen atoms in total. The summed E-state index contributed by atoms with van der Waals surface area (Å²) in [5.74, 6) is -0.726. The second-order valence-electron chi connectivity index (χ2n) is 4.79. The van der Waals surface area contributed by atoms with Gasteiger partial charge in [0.15, 0.2) is 5.75 Å². The SMILES string of the molecule is CC(=O)Nc1cc(/N=N/c2ccc(S(=O)(=O)O)cc2Cl)cc(Cl)c1O. The molecule has 11 heteroatoms. The maximum absolute atomic E-state index is 11.1. The Morgan fingerprint density at radius 3 is 2.36 bits per heavy atom. The van der Waals surface area contributed by atoms with Gasteiger partial charge in [-0.3, -0.25) is 9.35 Å². The minimum atomic E-state index is -4.38. The van der Waals surface area contributed by atoms with E-state index in [1.165, 1.54) is 25.1 Å². The maximum Gasteiger partial charge on any atom is 0.294 e. The number of carbonyl (C=O) groups is 1. The van der Waals surface area contributed by atoms with Crippen LogP contribution in [0.25, 0.3) is 0 Å². The number of amides is 1. The molecule has 1 amide bonds. The van der Waals surface area contributed by atoms with E-state index in [0.29, 0.717) is 0 Å². The Labute approximate surface area is 152 Å². The van der Waals surface area contributed by atoms with Crippen molar-refractivity contribution < 1.29 is 22.9 Å². The van der Waals surface area contributed by atoms with E-state index in [1.54, 1.807) is 0 Å². The summed E-state index contributed by atoms with van der Waals surface area (Å²) in [6.07, 6.45) is 0. The number of nitrogens with zero attached hydrogens (tertiary/aromatic N) is 2. The van der Waals surface area contributed by atoms with Gasteiger partial charge in [0, 0.05) is 6.92 Å². The zero-order valence-corrected chi connectivity index (χ0v) is 14.9. The highest BCUT2D eigenvalue weighted by Crippen LogP contribution is 2.37. The monoisotopic (exact) mass is 403 g/mol. The molecule has 3 N–H and O–H groups in total. The molecule has 0 unspecified atom stereocenters. The van der Waals surface area contributed by atoms with Crippen molar-refractivity contribution in [3.8, 4) is 5.75 Å². The fourth-order valence-corrected chi connectivity index (χ4v) is 2.77. The number of hydrogen-bond acceptors (Lipinski definition) is 6. The molecule has 2 rings (SSSR count). The average molecular weight is 404 g/mol. The van der Waals surface area contributed by atoms with Gasteiger partial charge in [0.05, 0.1) is 26.3 Å². The Morgan fingerprint density at radius 1 is 1.12 bits per heavy atom. The van der Waals surface area contributed by atoms with Crippen LogP contribution < -0.4 is 5.32 Å². The van der Waals surface area contributed by atoms with Crippen molar-refractivity contribution in [1.29, 1.82) is 0 Å². The summed E-state index contributed by atoms with van der Waals surface area (Å²) in [7, 11) is -4.38. The van der Waals surface area contributed by atoms with Gasteiger partial charge in [-0.15, -0.1) is 5.11 Å². The van der Waals surface area contributed by atoms with Crippen molar-refractivity contribution in [1.82, 2.24) is 0 Å². The van der Waals surface area contributed by atoms with Crippen LogP contribution in [0.5, 0.6) is 5.75 Å². The van der Waals surface area contributed by atoms with Gasteiger partial charge < -0.3 is 10.4 Å². The van der Waals surface area contributed by atoms with E-state index < -0.39 is 16.0 Å². The van der Waals surface area contributed by atoms with E-state index in [9.17, 15) is 18.3 Å². The predicted octanol–water partition coefficient (Wildman–Crippen LogP) is 4.32. The smallest absolute Gasteiger partial charge is 0.294 e. The first-order valence-electron chi connectivity index (χ1n) is 6.57. The topological polar surface area (TPSA) is 128 Å². The number of nitrogens with one attached hydrogen (secondary N) is 1. The van der Waals surface area contributed by atoms with Crippen molar-refractivity contribution in [2.24, 2.45) is 10.2 Å². The third-order valence-electron chi connectivity index (χ3n) is 2.85. The number of phenols is 1. The Kier molecular flexibility index (Phi) is 5.63. The number of azo groups is 1. The van der Waals surface area contributed by atoms with Crippen molar-refractivity contribution >= 4 is 56.3 Å². The van der Waals surface area contributed by atoms with Crippen LogP contribution in [0.3, 0.4) is 0 Å². The number of carbonyl (C=O) groups excluding carboxylic acids is 1. The molecule has 0 heterocycles. The summed E-state index contributed by atoms with van der Waals surface area (Å²) >= 11 is 11.8. The number of aromatic hydroxyl groups is 1. The summed E-state index contributed by atoms with van der Waals surface area (Å²) in [4.78, 5) is 10.7. The third kappa shape index (κ3) is 4.89. The number of halogens is 2. The normalized spacial score (nSPS) is 11.7. The fraction of sp³-hybridized carbons (Fsp3) is 0.0714. The van der Waals surface area contributed by atoms with Gasteiger partial charge in [-0.1, -0.05) is 23.2 Å². The van der Waals surface area contributed by atoms with Crippen LogP contribution in [0.4, 0.5) is 17.1 Å². The molecule has 0 atom stereocenters. The van der Waals surface area contributed by atoms with Crippen molar-refractivity contribution in [3.63, 3.8) is 0 Å². The Bertz CT molecular complexity index is 977. The molecule has 0 saturated heterocycles. The number of phenolic OH excluding ortho intramolecular Hbond substituents is 1. The summed E-state index contributed by atoms with van der Waals surface area (Å²) in [5, 5.41) is 19.8. The lowest BCUT2D eigenvalue weighted by molar-refractivity contribution is -0.114. The highest BCUT2D eigenvalue weighted by molar-refractivity contribution is 7.85. The molecule has 0 bridgehead atoms. The van der Waals surface area contributed by atoms with Gasteiger partial charge in [0.25, 0.3) is 10.1 Å². The highest BCUT2D eigenvalue weighted by atomic mass is 35.5. The zero-order chi connectivity index (χ0) is 18.8. The Balaban J connectivity index is 2.36. The minimum absolute atomic E-state index is 0.0481. The summed E-state index contributed by atoms with van der Waals surface area (Å²) in [6, 6.07) is 6.05. The molecule has 0 aromatic heterocycles. The first-order chi connectivity index (χ1) is 11.6. The Morgan fingerprint density at radius 2 is 1.80 bits per heavy atom. The largest absolute Gasteiger partial charge is 0.504 e. The van der Waals surface area contributed by atoms with E-state index in [1.807, 2.05) is 0 Å². The molecule has 132 valence electrons. The minimum Gasteiger partial charge on any atom is -0.504 e. The van der Waals surface area contributed by atoms with Crippen LogP contribution >= 0.6 is 23.2 Å². The first-order valence-corrected chi connectivity index (χ1v) is 8.76. The van der Waals surface area contributed by atoms with E-state index >= 15 is 0 Å². The molecule has 0 aliphatic carbocycles. The lowest BCUT2D eigenvalue weighted by Crippen LogP contribution is -2.05. The molecule has 0 spiro atoms. The van der Waals surface area contributed by atoms with Crippen LogP contribution in [0.1, 0.15) is 6.92 Å². The number of hydrogen-bond donors (Lipinski definition) is 3. The summed E-state index contributed by atoms with van der Waals surface area (Å²) in [5.41, 5.74) is 0.405. The van der Waals surface area contributed by atoms with Gasteiger partial charge in [-0.2, -0.15) is 13.5 Å². The Hall–Kier alpha value is -2.20. The number of rotatable bonds is 4.